The van der Waals surface area contributed by atoms with Crippen molar-refractivity contribution in [2.75, 3.05) is 0 Å². The molecule has 2 aromatic rings. The number of hydrogen-bond acceptors (Lipinski definition) is 2. The fraction of sp³-hybridized carbons (Fsp3) is 0.231. The standard InChI is InChI=1S/C13H11BrCl2N2/c1-3-9-7(2)17-13(18-12(9)14)8-4-5-10(15)11(16)6-8/h4-6H,3H2,1-2H3. The van der Waals surface area contributed by atoms with Gasteiger partial charge in [-0.25, -0.2) is 9.97 Å². The van der Waals surface area contributed by atoms with Crippen molar-refractivity contribution in [2.24, 2.45) is 0 Å². The van der Waals surface area contributed by atoms with Gasteiger partial charge in [-0.05, 0) is 47.5 Å². The lowest BCUT2D eigenvalue weighted by Crippen LogP contribution is -1.99. The molecule has 0 aliphatic carbocycles. The van der Waals surface area contributed by atoms with Crippen LogP contribution in [0.5, 0.6) is 0 Å². The topological polar surface area (TPSA) is 25.8 Å². The summed E-state index contributed by atoms with van der Waals surface area (Å²) < 4.78 is 0.832. The Morgan fingerprint density at radius 3 is 2.44 bits per heavy atom. The van der Waals surface area contributed by atoms with Crippen LogP contribution in [0, 0.1) is 6.92 Å². The SMILES string of the molecule is CCc1c(C)nc(-c2ccc(Cl)c(Cl)c2)nc1Br. The molecule has 0 unspecified atom stereocenters. The summed E-state index contributed by atoms with van der Waals surface area (Å²) in [7, 11) is 0. The molecule has 0 aliphatic rings. The van der Waals surface area contributed by atoms with E-state index in [1.807, 2.05) is 13.0 Å². The Kier molecular flexibility index (Phi) is 4.25. The lowest BCUT2D eigenvalue weighted by Gasteiger charge is -2.08. The average Bonchev–Trinajstić information content (AvgIpc) is 2.32. The number of halogens is 3. The third kappa shape index (κ3) is 2.68. The van der Waals surface area contributed by atoms with Crippen molar-refractivity contribution in [3.63, 3.8) is 0 Å². The lowest BCUT2D eigenvalue weighted by molar-refractivity contribution is 0.981. The molecule has 0 aliphatic heterocycles. The van der Waals surface area contributed by atoms with Gasteiger partial charge in [-0.15, -0.1) is 0 Å². The molecule has 0 amide bonds. The molecule has 0 saturated carbocycles. The molecule has 94 valence electrons. The van der Waals surface area contributed by atoms with Crippen LogP contribution in [0.25, 0.3) is 11.4 Å². The highest BCUT2D eigenvalue weighted by molar-refractivity contribution is 9.10. The largest absolute Gasteiger partial charge is 0.233 e. The maximum absolute atomic E-state index is 6.00. The second kappa shape index (κ2) is 5.55. The van der Waals surface area contributed by atoms with E-state index in [1.54, 1.807) is 12.1 Å². The van der Waals surface area contributed by atoms with Gasteiger partial charge in [-0.1, -0.05) is 30.1 Å². The first-order valence-electron chi connectivity index (χ1n) is 5.51. The van der Waals surface area contributed by atoms with E-state index in [0.717, 1.165) is 27.8 Å². The molecule has 0 atom stereocenters. The Morgan fingerprint density at radius 2 is 1.89 bits per heavy atom. The van der Waals surface area contributed by atoms with E-state index >= 15 is 0 Å². The minimum absolute atomic E-state index is 0.506. The number of rotatable bonds is 2. The van der Waals surface area contributed by atoms with Crippen molar-refractivity contribution < 1.29 is 0 Å². The van der Waals surface area contributed by atoms with Gasteiger partial charge in [0.25, 0.3) is 0 Å². The number of aryl methyl sites for hydroxylation is 1. The van der Waals surface area contributed by atoms with E-state index < -0.39 is 0 Å². The van der Waals surface area contributed by atoms with Crippen LogP contribution < -0.4 is 0 Å². The molecular weight excluding hydrogens is 335 g/mol. The molecule has 5 heteroatoms. The third-order valence-electron chi connectivity index (χ3n) is 2.69. The van der Waals surface area contributed by atoms with Gasteiger partial charge in [0, 0.05) is 16.8 Å². The van der Waals surface area contributed by atoms with Crippen LogP contribution in [0.4, 0.5) is 0 Å². The minimum atomic E-state index is 0.506. The summed E-state index contributed by atoms with van der Waals surface area (Å²) in [6.45, 7) is 4.06. The van der Waals surface area contributed by atoms with Crippen molar-refractivity contribution in [3.05, 3.63) is 44.1 Å². The Morgan fingerprint density at radius 1 is 1.17 bits per heavy atom. The van der Waals surface area contributed by atoms with Crippen molar-refractivity contribution in [1.82, 2.24) is 9.97 Å². The first kappa shape index (κ1) is 13.8. The highest BCUT2D eigenvalue weighted by atomic mass is 79.9. The van der Waals surface area contributed by atoms with Gasteiger partial charge >= 0.3 is 0 Å². The fourth-order valence-corrected chi connectivity index (χ4v) is 2.76. The third-order valence-corrected chi connectivity index (χ3v) is 4.09. The van der Waals surface area contributed by atoms with Gasteiger partial charge in [0.05, 0.1) is 10.0 Å². The van der Waals surface area contributed by atoms with E-state index in [-0.39, 0.29) is 0 Å². The zero-order valence-electron chi connectivity index (χ0n) is 9.97. The molecule has 0 N–H and O–H groups in total. The zero-order valence-corrected chi connectivity index (χ0v) is 13.1. The van der Waals surface area contributed by atoms with E-state index in [2.05, 4.69) is 32.8 Å². The number of nitrogens with zero attached hydrogens (tertiary/aromatic N) is 2. The van der Waals surface area contributed by atoms with Crippen LogP contribution in [0.3, 0.4) is 0 Å². The zero-order chi connectivity index (χ0) is 13.3. The van der Waals surface area contributed by atoms with Gasteiger partial charge in [0.2, 0.25) is 0 Å². The van der Waals surface area contributed by atoms with Gasteiger partial charge in [0.15, 0.2) is 5.82 Å². The monoisotopic (exact) mass is 344 g/mol. The Hall–Kier alpha value is -0.640. The summed E-state index contributed by atoms with van der Waals surface area (Å²) in [4.78, 5) is 8.95. The fourth-order valence-electron chi connectivity index (χ4n) is 1.73. The second-order valence-corrected chi connectivity index (χ2v) is 5.45. The normalized spacial score (nSPS) is 10.7. The van der Waals surface area contributed by atoms with Crippen LogP contribution in [0.15, 0.2) is 22.8 Å². The number of aromatic nitrogens is 2. The van der Waals surface area contributed by atoms with Crippen molar-refractivity contribution in [3.8, 4) is 11.4 Å². The van der Waals surface area contributed by atoms with Crippen LogP contribution >= 0.6 is 39.1 Å². The predicted molar refractivity (Wildman–Crippen MR) is 79.3 cm³/mol. The Labute approximate surface area is 124 Å². The van der Waals surface area contributed by atoms with Crippen LogP contribution in [-0.2, 0) is 6.42 Å². The predicted octanol–water partition coefficient (Wildman–Crippen LogP) is 5.08. The van der Waals surface area contributed by atoms with E-state index in [1.165, 1.54) is 0 Å². The number of hydrogen-bond donors (Lipinski definition) is 0. The smallest absolute Gasteiger partial charge is 0.160 e. The highest BCUT2D eigenvalue weighted by Gasteiger charge is 2.10. The number of benzene rings is 1. The molecule has 0 bridgehead atoms. The molecule has 0 radical (unpaired) electrons. The summed E-state index contributed by atoms with van der Waals surface area (Å²) in [6, 6.07) is 5.39. The molecule has 2 rings (SSSR count). The highest BCUT2D eigenvalue weighted by Crippen LogP contribution is 2.28. The van der Waals surface area contributed by atoms with Gasteiger partial charge in [-0.3, -0.25) is 0 Å². The van der Waals surface area contributed by atoms with Crippen LogP contribution in [-0.4, -0.2) is 9.97 Å². The molecule has 1 aromatic carbocycles. The molecule has 0 spiro atoms. The Balaban J connectivity index is 2.54. The molecule has 1 heterocycles. The summed E-state index contributed by atoms with van der Waals surface area (Å²) in [6.07, 6.45) is 0.897. The average molecular weight is 346 g/mol. The van der Waals surface area contributed by atoms with Crippen molar-refractivity contribution in [2.45, 2.75) is 20.3 Å². The van der Waals surface area contributed by atoms with Crippen LogP contribution in [0.2, 0.25) is 10.0 Å². The van der Waals surface area contributed by atoms with Crippen LogP contribution in [0.1, 0.15) is 18.2 Å². The van der Waals surface area contributed by atoms with E-state index in [9.17, 15) is 0 Å². The van der Waals surface area contributed by atoms with Gasteiger partial charge in [0.1, 0.15) is 4.60 Å². The van der Waals surface area contributed by atoms with Gasteiger partial charge < -0.3 is 0 Å². The summed E-state index contributed by atoms with van der Waals surface area (Å²) in [5.74, 6) is 0.648. The lowest BCUT2D eigenvalue weighted by atomic mass is 10.1. The van der Waals surface area contributed by atoms with E-state index in [0.29, 0.717) is 15.9 Å². The molecule has 0 fully saturated rings. The van der Waals surface area contributed by atoms with Gasteiger partial charge in [-0.2, -0.15) is 0 Å². The summed E-state index contributed by atoms with van der Waals surface area (Å²) in [5, 5.41) is 1.03. The summed E-state index contributed by atoms with van der Waals surface area (Å²) in [5.41, 5.74) is 2.95. The molecule has 18 heavy (non-hydrogen) atoms. The first-order chi connectivity index (χ1) is 8.52. The molecule has 2 nitrogen and oxygen atoms in total. The minimum Gasteiger partial charge on any atom is -0.233 e. The quantitative estimate of drug-likeness (QED) is 0.709. The summed E-state index contributed by atoms with van der Waals surface area (Å²) >= 11 is 15.4. The molecule has 1 aromatic heterocycles. The Bertz CT molecular complexity index is 577. The second-order valence-electron chi connectivity index (χ2n) is 3.88. The van der Waals surface area contributed by atoms with E-state index in [4.69, 9.17) is 23.2 Å². The molecular formula is C13H11BrCl2N2. The van der Waals surface area contributed by atoms with Crippen molar-refractivity contribution >= 4 is 39.1 Å². The maximum Gasteiger partial charge on any atom is 0.160 e. The van der Waals surface area contributed by atoms with Crippen molar-refractivity contribution in [1.29, 1.82) is 0 Å². The maximum atomic E-state index is 6.00. The first-order valence-corrected chi connectivity index (χ1v) is 7.06. The molecule has 0 saturated heterocycles.